The number of nitrogen functional groups attached to an aromatic ring is 1. The fourth-order valence-electron chi connectivity index (χ4n) is 3.20. The first kappa shape index (κ1) is 12.7. The van der Waals surface area contributed by atoms with E-state index in [0.717, 1.165) is 11.4 Å². The second-order valence-corrected chi connectivity index (χ2v) is 5.46. The SMILES string of the molecule is CC1=CC(N)=CC(C)C1c1c(C)cc(N)cc1C. The summed E-state index contributed by atoms with van der Waals surface area (Å²) in [6.07, 6.45) is 4.23. The van der Waals surface area contributed by atoms with Gasteiger partial charge in [0.25, 0.3) is 0 Å². The number of hydrogen-bond acceptors (Lipinski definition) is 2. The third-order valence-electron chi connectivity index (χ3n) is 3.79. The summed E-state index contributed by atoms with van der Waals surface area (Å²) in [5.41, 5.74) is 18.8. The maximum atomic E-state index is 5.92. The van der Waals surface area contributed by atoms with E-state index in [1.165, 1.54) is 22.3 Å². The highest BCUT2D eigenvalue weighted by atomic mass is 14.6. The molecule has 0 heterocycles. The molecule has 0 radical (unpaired) electrons. The molecular weight excluding hydrogens is 220 g/mol. The summed E-state index contributed by atoms with van der Waals surface area (Å²) in [7, 11) is 0. The Labute approximate surface area is 109 Å². The lowest BCUT2D eigenvalue weighted by atomic mass is 9.75. The number of allylic oxidation sites excluding steroid dienone is 3. The van der Waals surface area contributed by atoms with Crippen molar-refractivity contribution in [1.29, 1.82) is 0 Å². The predicted octanol–water partition coefficient (Wildman–Crippen LogP) is 3.41. The minimum atomic E-state index is 0.415. The predicted molar refractivity (Wildman–Crippen MR) is 78.3 cm³/mol. The number of nitrogens with two attached hydrogens (primary N) is 2. The molecule has 2 atom stereocenters. The molecule has 1 aromatic carbocycles. The summed E-state index contributed by atoms with van der Waals surface area (Å²) in [6.45, 7) is 8.67. The van der Waals surface area contributed by atoms with Gasteiger partial charge in [-0.3, -0.25) is 0 Å². The monoisotopic (exact) mass is 242 g/mol. The molecule has 2 rings (SSSR count). The van der Waals surface area contributed by atoms with Gasteiger partial charge in [-0.1, -0.05) is 18.6 Å². The lowest BCUT2D eigenvalue weighted by Gasteiger charge is -2.30. The van der Waals surface area contributed by atoms with Crippen LogP contribution in [0, 0.1) is 19.8 Å². The fourth-order valence-corrected chi connectivity index (χ4v) is 3.20. The van der Waals surface area contributed by atoms with Gasteiger partial charge >= 0.3 is 0 Å². The van der Waals surface area contributed by atoms with Crippen molar-refractivity contribution in [2.45, 2.75) is 33.6 Å². The van der Waals surface area contributed by atoms with Gasteiger partial charge in [0.1, 0.15) is 0 Å². The van der Waals surface area contributed by atoms with E-state index in [2.05, 4.69) is 52.0 Å². The first-order valence-corrected chi connectivity index (χ1v) is 6.42. The molecule has 0 aliphatic heterocycles. The zero-order valence-electron chi connectivity index (χ0n) is 11.6. The van der Waals surface area contributed by atoms with Gasteiger partial charge in [-0.25, -0.2) is 0 Å². The van der Waals surface area contributed by atoms with Gasteiger partial charge in [0.15, 0.2) is 0 Å². The van der Waals surface area contributed by atoms with Crippen LogP contribution in [0.25, 0.3) is 0 Å². The molecule has 0 amide bonds. The van der Waals surface area contributed by atoms with Gasteiger partial charge in [0.2, 0.25) is 0 Å². The molecule has 96 valence electrons. The molecule has 0 spiro atoms. The average Bonchev–Trinajstić information content (AvgIpc) is 2.20. The standard InChI is InChI=1S/C16H22N2/c1-9-5-13(17)6-10(2)15(9)16-11(3)7-14(18)8-12(16)4/h5-9,15H,17-18H2,1-4H3. The fraction of sp³-hybridized carbons (Fsp3) is 0.375. The van der Waals surface area contributed by atoms with Crippen LogP contribution in [0.5, 0.6) is 0 Å². The van der Waals surface area contributed by atoms with Crippen molar-refractivity contribution in [3.63, 3.8) is 0 Å². The van der Waals surface area contributed by atoms with E-state index in [-0.39, 0.29) is 0 Å². The molecule has 0 saturated carbocycles. The van der Waals surface area contributed by atoms with E-state index in [0.29, 0.717) is 11.8 Å². The number of rotatable bonds is 1. The molecule has 0 fully saturated rings. The average molecular weight is 242 g/mol. The highest BCUT2D eigenvalue weighted by molar-refractivity contribution is 5.53. The van der Waals surface area contributed by atoms with Crippen LogP contribution in [0.15, 0.2) is 35.6 Å². The van der Waals surface area contributed by atoms with E-state index >= 15 is 0 Å². The number of aryl methyl sites for hydroxylation is 2. The molecule has 4 N–H and O–H groups in total. The normalized spacial score (nSPS) is 23.6. The Hall–Kier alpha value is -1.70. The molecule has 2 unspecified atom stereocenters. The minimum Gasteiger partial charge on any atom is -0.399 e. The summed E-state index contributed by atoms with van der Waals surface area (Å²) in [6, 6.07) is 4.12. The lowest BCUT2D eigenvalue weighted by Crippen LogP contribution is -2.18. The number of benzene rings is 1. The Morgan fingerprint density at radius 1 is 1.00 bits per heavy atom. The quantitative estimate of drug-likeness (QED) is 0.741. The van der Waals surface area contributed by atoms with Crippen molar-refractivity contribution in [1.82, 2.24) is 0 Å². The Kier molecular flexibility index (Phi) is 3.20. The van der Waals surface area contributed by atoms with Crippen LogP contribution in [0.1, 0.15) is 36.5 Å². The van der Waals surface area contributed by atoms with E-state index in [1.54, 1.807) is 0 Å². The van der Waals surface area contributed by atoms with E-state index in [9.17, 15) is 0 Å². The highest BCUT2D eigenvalue weighted by Gasteiger charge is 2.25. The summed E-state index contributed by atoms with van der Waals surface area (Å²) in [4.78, 5) is 0. The Balaban J connectivity index is 2.54. The second-order valence-electron chi connectivity index (χ2n) is 5.46. The van der Waals surface area contributed by atoms with Gasteiger partial charge in [-0.2, -0.15) is 0 Å². The van der Waals surface area contributed by atoms with Gasteiger partial charge in [-0.05, 0) is 61.6 Å². The highest BCUT2D eigenvalue weighted by Crippen LogP contribution is 2.39. The molecule has 0 saturated heterocycles. The molecule has 0 bridgehead atoms. The van der Waals surface area contributed by atoms with Gasteiger partial charge in [0, 0.05) is 17.3 Å². The van der Waals surface area contributed by atoms with E-state index in [1.807, 2.05) is 0 Å². The van der Waals surface area contributed by atoms with Crippen molar-refractivity contribution < 1.29 is 0 Å². The van der Waals surface area contributed by atoms with Crippen LogP contribution in [0.2, 0.25) is 0 Å². The molecular formula is C16H22N2. The molecule has 18 heavy (non-hydrogen) atoms. The lowest BCUT2D eigenvalue weighted by molar-refractivity contribution is 0.594. The van der Waals surface area contributed by atoms with Crippen LogP contribution < -0.4 is 11.5 Å². The van der Waals surface area contributed by atoms with Crippen molar-refractivity contribution in [3.8, 4) is 0 Å². The van der Waals surface area contributed by atoms with E-state index in [4.69, 9.17) is 11.5 Å². The Morgan fingerprint density at radius 3 is 2.06 bits per heavy atom. The molecule has 1 aliphatic carbocycles. The third-order valence-corrected chi connectivity index (χ3v) is 3.79. The van der Waals surface area contributed by atoms with Gasteiger partial charge < -0.3 is 11.5 Å². The van der Waals surface area contributed by atoms with Crippen molar-refractivity contribution in [2.75, 3.05) is 5.73 Å². The van der Waals surface area contributed by atoms with Crippen molar-refractivity contribution >= 4 is 5.69 Å². The minimum absolute atomic E-state index is 0.415. The Morgan fingerprint density at radius 2 is 1.56 bits per heavy atom. The second kappa shape index (κ2) is 4.52. The maximum absolute atomic E-state index is 5.92. The summed E-state index contributed by atoms with van der Waals surface area (Å²) in [5.74, 6) is 0.842. The Bertz CT molecular complexity index is 515. The number of anilines is 1. The summed E-state index contributed by atoms with van der Waals surface area (Å²) >= 11 is 0. The zero-order chi connectivity index (χ0) is 13.4. The first-order valence-electron chi connectivity index (χ1n) is 6.42. The van der Waals surface area contributed by atoms with Crippen LogP contribution in [-0.2, 0) is 0 Å². The molecule has 1 aliphatic rings. The largest absolute Gasteiger partial charge is 0.399 e. The smallest absolute Gasteiger partial charge is 0.0319 e. The zero-order valence-corrected chi connectivity index (χ0v) is 11.6. The molecule has 2 nitrogen and oxygen atoms in total. The number of hydrogen-bond donors (Lipinski definition) is 2. The van der Waals surface area contributed by atoms with Crippen molar-refractivity contribution in [3.05, 3.63) is 52.2 Å². The van der Waals surface area contributed by atoms with E-state index < -0.39 is 0 Å². The van der Waals surface area contributed by atoms with Crippen LogP contribution in [-0.4, -0.2) is 0 Å². The van der Waals surface area contributed by atoms with Gasteiger partial charge in [0.05, 0.1) is 0 Å². The first-order chi connectivity index (χ1) is 8.40. The molecule has 0 aromatic heterocycles. The topological polar surface area (TPSA) is 52.0 Å². The van der Waals surface area contributed by atoms with Crippen LogP contribution >= 0.6 is 0 Å². The van der Waals surface area contributed by atoms with Crippen LogP contribution in [0.4, 0.5) is 5.69 Å². The molecule has 2 heteroatoms. The van der Waals surface area contributed by atoms with Gasteiger partial charge in [-0.15, -0.1) is 0 Å². The third kappa shape index (κ3) is 2.15. The van der Waals surface area contributed by atoms with Crippen LogP contribution in [0.3, 0.4) is 0 Å². The molecule has 1 aromatic rings. The maximum Gasteiger partial charge on any atom is 0.0319 e. The summed E-state index contributed by atoms with van der Waals surface area (Å²) < 4.78 is 0. The summed E-state index contributed by atoms with van der Waals surface area (Å²) in [5, 5.41) is 0. The van der Waals surface area contributed by atoms with Crippen molar-refractivity contribution in [2.24, 2.45) is 11.7 Å².